The molecule has 4 rings (SSSR count). The third kappa shape index (κ3) is 7.43. The Hall–Kier alpha value is -5.28. The van der Waals surface area contributed by atoms with E-state index in [9.17, 15) is 20.2 Å². The first kappa shape index (κ1) is 28.7. The topological polar surface area (TPSA) is 114 Å². The van der Waals surface area contributed by atoms with Crippen LogP contribution in [0, 0.1) is 20.2 Å². The molecule has 0 aliphatic carbocycles. The van der Waals surface area contributed by atoms with Gasteiger partial charge in [-0.3, -0.25) is 20.2 Å². The minimum absolute atomic E-state index is 0.0840. The van der Waals surface area contributed by atoms with Gasteiger partial charge in [0.15, 0.2) is 0 Å². The number of hydrogen-bond acceptors (Lipinski definition) is 7. The zero-order chi connectivity index (χ0) is 29.2. The predicted molar refractivity (Wildman–Crippen MR) is 158 cm³/mol. The second kappa shape index (κ2) is 13.7. The Bertz CT molecular complexity index is 1460. The summed E-state index contributed by atoms with van der Waals surface area (Å²) in [7, 11) is 3.14. The van der Waals surface area contributed by atoms with Crippen molar-refractivity contribution >= 4 is 23.5 Å². The molecule has 0 unspecified atom stereocenters. The van der Waals surface area contributed by atoms with E-state index < -0.39 is 9.85 Å². The van der Waals surface area contributed by atoms with Crippen molar-refractivity contribution in [1.82, 2.24) is 0 Å². The molecule has 0 atom stereocenters. The van der Waals surface area contributed by atoms with Gasteiger partial charge in [-0.2, -0.15) is 0 Å². The molecule has 0 saturated heterocycles. The van der Waals surface area contributed by atoms with Crippen molar-refractivity contribution in [3.63, 3.8) is 0 Å². The van der Waals surface area contributed by atoms with E-state index in [-0.39, 0.29) is 24.6 Å². The molecule has 0 radical (unpaired) electrons. The molecule has 0 spiro atoms. The highest BCUT2D eigenvalue weighted by Gasteiger charge is 2.18. The largest absolute Gasteiger partial charge is 0.504 e. The fraction of sp³-hybridized carbons (Fsp3) is 0.125. The Balaban J connectivity index is 1.55. The molecule has 0 aromatic heterocycles. The van der Waals surface area contributed by atoms with Gasteiger partial charge >= 0.3 is 0 Å². The summed E-state index contributed by atoms with van der Waals surface area (Å²) < 4.78 is 15.7. The average Bonchev–Trinajstić information content (AvgIpc) is 2.99. The third-order valence-electron chi connectivity index (χ3n) is 6.35. The highest BCUT2D eigenvalue weighted by Crippen LogP contribution is 2.30. The molecule has 4 aromatic carbocycles. The number of nitrogens with zero attached hydrogens (tertiary/aromatic N) is 2. The molecule has 9 heteroatoms. The third-order valence-corrected chi connectivity index (χ3v) is 6.35. The molecule has 0 N–H and O–H groups in total. The molecule has 41 heavy (non-hydrogen) atoms. The van der Waals surface area contributed by atoms with Gasteiger partial charge in [0.05, 0.1) is 60.9 Å². The zero-order valence-electron chi connectivity index (χ0n) is 22.6. The minimum Gasteiger partial charge on any atom is -0.504 e. The smallest absolute Gasteiger partial charge is 0.274 e. The van der Waals surface area contributed by atoms with Crippen LogP contribution in [0.5, 0.6) is 0 Å². The van der Waals surface area contributed by atoms with Crippen LogP contribution in [0.25, 0.3) is 34.4 Å². The maximum Gasteiger partial charge on any atom is 0.274 e. The van der Waals surface area contributed by atoms with Gasteiger partial charge in [0, 0.05) is 12.1 Å². The molecular weight excluding hydrogens is 524 g/mol. The fourth-order valence-corrected chi connectivity index (χ4v) is 4.26. The van der Waals surface area contributed by atoms with Crippen LogP contribution in [0.1, 0.15) is 22.3 Å². The van der Waals surface area contributed by atoms with Crippen molar-refractivity contribution in [2.45, 2.75) is 13.2 Å². The van der Waals surface area contributed by atoms with Crippen LogP contribution in [-0.4, -0.2) is 24.1 Å². The van der Waals surface area contributed by atoms with Gasteiger partial charge in [0.1, 0.15) is 0 Å². The molecule has 0 saturated carbocycles. The van der Waals surface area contributed by atoms with Crippen LogP contribution in [0.4, 0.5) is 11.4 Å². The number of methoxy groups -OCH3 is 2. The van der Waals surface area contributed by atoms with Crippen molar-refractivity contribution in [2.75, 3.05) is 14.2 Å². The SMILES string of the molecule is COC=Cc1ccc(-c2ccc([N+](=O)[O-])c(COCc3cc(-c4ccc(C=COC)cc4)ccc3[N+](=O)[O-])c2)cc1. The van der Waals surface area contributed by atoms with Gasteiger partial charge in [-0.1, -0.05) is 48.5 Å². The summed E-state index contributed by atoms with van der Waals surface area (Å²) in [6.45, 7) is -0.193. The van der Waals surface area contributed by atoms with Crippen molar-refractivity contribution in [3.8, 4) is 22.3 Å². The van der Waals surface area contributed by atoms with Crippen LogP contribution < -0.4 is 0 Å². The Morgan fingerprint density at radius 1 is 0.585 bits per heavy atom. The van der Waals surface area contributed by atoms with E-state index in [2.05, 4.69) is 0 Å². The maximum absolute atomic E-state index is 11.7. The molecule has 0 heterocycles. The summed E-state index contributed by atoms with van der Waals surface area (Å²) in [5.41, 5.74) is 5.79. The first-order valence-corrected chi connectivity index (χ1v) is 12.6. The van der Waals surface area contributed by atoms with E-state index in [1.807, 2.05) is 60.7 Å². The summed E-state index contributed by atoms with van der Waals surface area (Å²) in [6, 6.07) is 25.0. The lowest BCUT2D eigenvalue weighted by molar-refractivity contribution is -0.386. The monoisotopic (exact) mass is 552 g/mol. The second-order valence-corrected chi connectivity index (χ2v) is 9.01. The number of nitro groups is 2. The predicted octanol–water partition coefficient (Wildman–Crippen LogP) is 7.79. The molecule has 0 fully saturated rings. The average molecular weight is 553 g/mol. The maximum atomic E-state index is 11.7. The van der Waals surface area contributed by atoms with Gasteiger partial charge in [0.25, 0.3) is 11.4 Å². The van der Waals surface area contributed by atoms with Gasteiger partial charge in [0.2, 0.25) is 0 Å². The number of rotatable bonds is 12. The lowest BCUT2D eigenvalue weighted by atomic mass is 10.0. The molecule has 208 valence electrons. The number of hydrogen-bond donors (Lipinski definition) is 0. The zero-order valence-corrected chi connectivity index (χ0v) is 22.6. The van der Waals surface area contributed by atoms with Crippen LogP contribution >= 0.6 is 0 Å². The molecule has 9 nitrogen and oxygen atoms in total. The lowest BCUT2D eigenvalue weighted by Crippen LogP contribution is -2.02. The van der Waals surface area contributed by atoms with Crippen molar-refractivity contribution in [2.24, 2.45) is 0 Å². The Labute approximate surface area is 237 Å². The second-order valence-electron chi connectivity index (χ2n) is 9.01. The Kier molecular flexibility index (Phi) is 9.58. The standard InChI is InChI=1S/C32H28N2O7/c1-39-17-15-23-3-7-25(8-4-23)27-11-13-31(33(35)36)29(19-27)21-41-22-30-20-28(12-14-32(30)34(37)38)26-9-5-24(6-10-26)16-18-40-2/h3-20H,21-22H2,1-2H3. The molecule has 4 aromatic rings. The normalized spacial score (nSPS) is 11.2. The van der Waals surface area contributed by atoms with E-state index in [0.29, 0.717) is 11.1 Å². The van der Waals surface area contributed by atoms with Crippen LogP contribution in [-0.2, 0) is 27.4 Å². The van der Waals surface area contributed by atoms with Crippen LogP contribution in [0.2, 0.25) is 0 Å². The van der Waals surface area contributed by atoms with Gasteiger partial charge in [-0.25, -0.2) is 0 Å². The minimum atomic E-state index is -0.463. The van der Waals surface area contributed by atoms with Crippen molar-refractivity contribution in [3.05, 3.63) is 140 Å². The summed E-state index contributed by atoms with van der Waals surface area (Å²) in [5, 5.41) is 23.4. The number of nitro benzene ring substituents is 2. The van der Waals surface area contributed by atoms with E-state index >= 15 is 0 Å². The van der Waals surface area contributed by atoms with Crippen LogP contribution in [0.3, 0.4) is 0 Å². The van der Waals surface area contributed by atoms with E-state index in [1.54, 1.807) is 51.0 Å². The molecule has 0 bridgehead atoms. The van der Waals surface area contributed by atoms with Gasteiger partial charge in [-0.15, -0.1) is 0 Å². The van der Waals surface area contributed by atoms with E-state index in [4.69, 9.17) is 14.2 Å². The highest BCUT2D eigenvalue weighted by atomic mass is 16.6. The van der Waals surface area contributed by atoms with Crippen molar-refractivity contribution < 1.29 is 24.1 Å². The highest BCUT2D eigenvalue weighted by molar-refractivity contribution is 5.69. The van der Waals surface area contributed by atoms with E-state index in [1.165, 1.54) is 12.1 Å². The summed E-state index contributed by atoms with van der Waals surface area (Å²) in [5.74, 6) is 0. The molecule has 0 aliphatic rings. The summed E-state index contributed by atoms with van der Waals surface area (Å²) in [4.78, 5) is 22.5. The number of ether oxygens (including phenoxy) is 3. The first-order chi connectivity index (χ1) is 19.9. The fourth-order valence-electron chi connectivity index (χ4n) is 4.26. The first-order valence-electron chi connectivity index (χ1n) is 12.6. The van der Waals surface area contributed by atoms with Gasteiger partial charge < -0.3 is 14.2 Å². The quantitative estimate of drug-likeness (QED) is 0.100. The molecule has 0 aliphatic heterocycles. The number of benzene rings is 4. The van der Waals surface area contributed by atoms with Crippen molar-refractivity contribution in [1.29, 1.82) is 0 Å². The van der Waals surface area contributed by atoms with Crippen LogP contribution in [0.15, 0.2) is 97.5 Å². The lowest BCUT2D eigenvalue weighted by Gasteiger charge is -2.10. The Morgan fingerprint density at radius 3 is 1.29 bits per heavy atom. The van der Waals surface area contributed by atoms with Gasteiger partial charge in [-0.05, 0) is 69.8 Å². The molecule has 0 amide bonds. The summed E-state index contributed by atoms with van der Waals surface area (Å²) in [6.07, 6.45) is 6.80. The molecular formula is C32H28N2O7. The summed E-state index contributed by atoms with van der Waals surface area (Å²) >= 11 is 0. The van der Waals surface area contributed by atoms with E-state index in [0.717, 1.165) is 33.4 Å². The Morgan fingerprint density at radius 2 is 0.951 bits per heavy atom.